The number of rotatable bonds is 7. The number of hydrogen-bond donors (Lipinski definition) is 1. The summed E-state index contributed by atoms with van der Waals surface area (Å²) in [6.07, 6.45) is 1.52. The van der Waals surface area contributed by atoms with Crippen molar-refractivity contribution in [1.82, 2.24) is 15.1 Å². The fraction of sp³-hybridized carbons (Fsp3) is 0.455. The summed E-state index contributed by atoms with van der Waals surface area (Å²) in [5.74, 6) is 3.01. The Kier molecular flexibility index (Phi) is 7.64. The molecule has 9 heteroatoms. The van der Waals surface area contributed by atoms with Gasteiger partial charge in [-0.3, -0.25) is 4.79 Å². The molecule has 2 heterocycles. The molecule has 0 unspecified atom stereocenters. The first-order chi connectivity index (χ1) is 15.1. The highest BCUT2D eigenvalue weighted by Crippen LogP contribution is 2.35. The average Bonchev–Trinajstić information content (AvgIpc) is 3.35. The number of ether oxygens (including phenoxy) is 3. The number of furan rings is 1. The number of carbonyl (C=O) groups excluding carboxylic acids is 1. The van der Waals surface area contributed by atoms with Gasteiger partial charge in [-0.25, -0.2) is 4.99 Å². The van der Waals surface area contributed by atoms with E-state index < -0.39 is 0 Å². The van der Waals surface area contributed by atoms with Gasteiger partial charge in [0.2, 0.25) is 0 Å². The first-order valence-corrected chi connectivity index (χ1v) is 10.3. The van der Waals surface area contributed by atoms with Crippen LogP contribution in [0.5, 0.6) is 17.2 Å². The van der Waals surface area contributed by atoms with Crippen LogP contribution in [0, 0.1) is 0 Å². The van der Waals surface area contributed by atoms with Gasteiger partial charge in [-0.05, 0) is 25.1 Å². The van der Waals surface area contributed by atoms with Crippen LogP contribution in [0.4, 0.5) is 0 Å². The largest absolute Gasteiger partial charge is 0.496 e. The van der Waals surface area contributed by atoms with Crippen molar-refractivity contribution in [1.29, 1.82) is 0 Å². The topological polar surface area (TPSA) is 88.8 Å². The first-order valence-electron chi connectivity index (χ1n) is 10.3. The molecule has 0 radical (unpaired) electrons. The number of nitrogens with one attached hydrogen (secondary N) is 1. The summed E-state index contributed by atoms with van der Waals surface area (Å²) in [5, 5.41) is 3.34. The van der Waals surface area contributed by atoms with Gasteiger partial charge in [-0.2, -0.15) is 0 Å². The molecule has 1 aromatic heterocycles. The van der Waals surface area contributed by atoms with E-state index in [2.05, 4.69) is 10.2 Å². The van der Waals surface area contributed by atoms with Gasteiger partial charge in [0.25, 0.3) is 5.91 Å². The lowest BCUT2D eigenvalue weighted by atomic mass is 10.1. The maximum atomic E-state index is 12.5. The van der Waals surface area contributed by atoms with E-state index in [-0.39, 0.29) is 5.91 Å². The lowest BCUT2D eigenvalue weighted by Crippen LogP contribution is -2.53. The van der Waals surface area contributed by atoms with Crippen LogP contribution in [0.2, 0.25) is 0 Å². The van der Waals surface area contributed by atoms with Crippen molar-refractivity contribution in [2.45, 2.75) is 13.5 Å². The van der Waals surface area contributed by atoms with Crippen LogP contribution < -0.4 is 19.5 Å². The summed E-state index contributed by atoms with van der Waals surface area (Å²) in [6, 6.07) is 7.10. The second kappa shape index (κ2) is 10.6. The summed E-state index contributed by atoms with van der Waals surface area (Å²) < 4.78 is 21.5. The molecule has 9 nitrogen and oxygen atoms in total. The highest BCUT2D eigenvalue weighted by Gasteiger charge is 2.25. The van der Waals surface area contributed by atoms with Crippen molar-refractivity contribution in [3.63, 3.8) is 0 Å². The number of piperazine rings is 1. The molecule has 1 saturated heterocycles. The number of aliphatic imine (C=N–C) groups is 1. The van der Waals surface area contributed by atoms with E-state index >= 15 is 0 Å². The lowest BCUT2D eigenvalue weighted by Gasteiger charge is -2.36. The number of hydrogen-bond acceptors (Lipinski definition) is 6. The number of amides is 1. The van der Waals surface area contributed by atoms with E-state index in [0.29, 0.717) is 55.7 Å². The van der Waals surface area contributed by atoms with Crippen molar-refractivity contribution in [2.75, 3.05) is 54.1 Å². The Morgan fingerprint density at radius 1 is 1.03 bits per heavy atom. The van der Waals surface area contributed by atoms with Gasteiger partial charge in [0.15, 0.2) is 23.2 Å². The van der Waals surface area contributed by atoms with Gasteiger partial charge < -0.3 is 33.7 Å². The smallest absolute Gasteiger partial charge is 0.289 e. The maximum Gasteiger partial charge on any atom is 0.289 e. The molecule has 168 valence electrons. The monoisotopic (exact) mass is 430 g/mol. The van der Waals surface area contributed by atoms with Gasteiger partial charge in [-0.1, -0.05) is 0 Å². The zero-order valence-corrected chi connectivity index (χ0v) is 18.5. The fourth-order valence-corrected chi connectivity index (χ4v) is 3.48. The van der Waals surface area contributed by atoms with E-state index in [1.807, 2.05) is 13.0 Å². The quantitative estimate of drug-likeness (QED) is 0.532. The third-order valence-electron chi connectivity index (χ3n) is 5.12. The molecule has 1 N–H and O–H groups in total. The number of benzene rings is 1. The van der Waals surface area contributed by atoms with E-state index in [0.717, 1.165) is 18.1 Å². The van der Waals surface area contributed by atoms with Crippen molar-refractivity contribution in [3.8, 4) is 17.2 Å². The zero-order chi connectivity index (χ0) is 22.2. The Morgan fingerprint density at radius 2 is 1.68 bits per heavy atom. The van der Waals surface area contributed by atoms with Gasteiger partial charge in [-0.15, -0.1) is 0 Å². The predicted octanol–water partition coefficient (Wildman–Crippen LogP) is 2.23. The Hall–Kier alpha value is -3.36. The second-order valence-electron chi connectivity index (χ2n) is 6.95. The average molecular weight is 431 g/mol. The van der Waals surface area contributed by atoms with Crippen LogP contribution in [-0.2, 0) is 6.54 Å². The standard InChI is InChI=1S/C22H30N4O5/c1-5-23-22(24-15-16-13-19(29-3)20(30-4)14-18(16)28-2)26-10-8-25(9-11-26)21(27)17-7-6-12-31-17/h6-7,12-14H,5,8-11,15H2,1-4H3,(H,23,24). The van der Waals surface area contributed by atoms with Crippen LogP contribution >= 0.6 is 0 Å². The van der Waals surface area contributed by atoms with Crippen LogP contribution in [0.25, 0.3) is 0 Å². The lowest BCUT2D eigenvalue weighted by molar-refractivity contribution is 0.0657. The molecule has 1 aromatic carbocycles. The molecule has 1 aliphatic rings. The van der Waals surface area contributed by atoms with Gasteiger partial charge in [0.05, 0.1) is 34.1 Å². The zero-order valence-electron chi connectivity index (χ0n) is 18.5. The Labute approximate surface area is 182 Å². The molecule has 2 aromatic rings. The molecule has 31 heavy (non-hydrogen) atoms. The van der Waals surface area contributed by atoms with E-state index in [9.17, 15) is 4.79 Å². The molecule has 1 amide bonds. The summed E-state index contributed by atoms with van der Waals surface area (Å²) in [5.41, 5.74) is 0.891. The van der Waals surface area contributed by atoms with Crippen LogP contribution in [0.15, 0.2) is 39.9 Å². The fourth-order valence-electron chi connectivity index (χ4n) is 3.48. The minimum atomic E-state index is -0.0818. The molecule has 0 bridgehead atoms. The SMILES string of the molecule is CCNC(=NCc1cc(OC)c(OC)cc1OC)N1CCN(C(=O)c2ccco2)CC1. The number of guanidine groups is 1. The van der Waals surface area contributed by atoms with Crippen LogP contribution in [0.3, 0.4) is 0 Å². The molecule has 1 aliphatic heterocycles. The van der Waals surface area contributed by atoms with Crippen LogP contribution in [-0.4, -0.2) is 75.7 Å². The Morgan fingerprint density at radius 3 is 2.26 bits per heavy atom. The number of nitrogens with zero attached hydrogens (tertiary/aromatic N) is 3. The van der Waals surface area contributed by atoms with Crippen LogP contribution in [0.1, 0.15) is 23.0 Å². The first kappa shape index (κ1) is 22.3. The molecular weight excluding hydrogens is 400 g/mol. The van der Waals surface area contributed by atoms with Crippen molar-refractivity contribution >= 4 is 11.9 Å². The third kappa shape index (κ3) is 5.22. The summed E-state index contributed by atoms with van der Waals surface area (Å²) in [4.78, 5) is 21.2. The molecular formula is C22H30N4O5. The van der Waals surface area contributed by atoms with Gasteiger partial charge in [0, 0.05) is 44.4 Å². The Bertz CT molecular complexity index is 890. The maximum absolute atomic E-state index is 12.5. The number of carbonyl (C=O) groups is 1. The summed E-state index contributed by atoms with van der Waals surface area (Å²) in [6.45, 7) is 5.75. The molecule has 3 rings (SSSR count). The van der Waals surface area contributed by atoms with Crippen molar-refractivity contribution < 1.29 is 23.4 Å². The predicted molar refractivity (Wildman–Crippen MR) is 117 cm³/mol. The molecule has 0 atom stereocenters. The Balaban J connectivity index is 1.70. The van der Waals surface area contributed by atoms with Crippen molar-refractivity contribution in [3.05, 3.63) is 41.9 Å². The van der Waals surface area contributed by atoms with E-state index in [1.165, 1.54) is 6.26 Å². The summed E-state index contributed by atoms with van der Waals surface area (Å²) >= 11 is 0. The van der Waals surface area contributed by atoms with Gasteiger partial charge in [0.1, 0.15) is 5.75 Å². The molecule has 0 saturated carbocycles. The minimum Gasteiger partial charge on any atom is -0.496 e. The minimum absolute atomic E-state index is 0.0818. The summed E-state index contributed by atoms with van der Waals surface area (Å²) in [7, 11) is 4.81. The highest BCUT2D eigenvalue weighted by molar-refractivity contribution is 5.91. The second-order valence-corrected chi connectivity index (χ2v) is 6.95. The van der Waals surface area contributed by atoms with Gasteiger partial charge >= 0.3 is 0 Å². The third-order valence-corrected chi connectivity index (χ3v) is 5.12. The number of methoxy groups -OCH3 is 3. The van der Waals surface area contributed by atoms with Crippen molar-refractivity contribution in [2.24, 2.45) is 4.99 Å². The molecule has 0 spiro atoms. The molecule has 0 aliphatic carbocycles. The van der Waals surface area contributed by atoms with E-state index in [4.69, 9.17) is 23.6 Å². The van der Waals surface area contributed by atoms with E-state index in [1.54, 1.807) is 44.4 Å². The highest BCUT2D eigenvalue weighted by atomic mass is 16.5. The normalized spacial score (nSPS) is 14.4. The molecule has 1 fully saturated rings.